The summed E-state index contributed by atoms with van der Waals surface area (Å²) >= 11 is 0. The zero-order valence-corrected chi connectivity index (χ0v) is 15.0. The zero-order valence-electron chi connectivity index (χ0n) is 15.0. The number of hydrogen-bond donors (Lipinski definition) is 4. The number of aromatic nitrogens is 2. The number of aliphatic hydroxyl groups is 1. The molecule has 1 aromatic rings. The van der Waals surface area contributed by atoms with E-state index in [-0.39, 0.29) is 12.0 Å². The molecule has 5 nitrogen and oxygen atoms in total. The Labute approximate surface area is 140 Å². The maximum absolute atomic E-state index is 9.46. The summed E-state index contributed by atoms with van der Waals surface area (Å²) in [6, 6.07) is 0. The maximum Gasteiger partial charge on any atom is 0.0535 e. The van der Waals surface area contributed by atoms with Crippen LogP contribution in [0.1, 0.15) is 63.1 Å². The van der Waals surface area contributed by atoms with Crippen molar-refractivity contribution < 1.29 is 5.11 Å². The minimum atomic E-state index is 0.0634. The van der Waals surface area contributed by atoms with Crippen LogP contribution < -0.4 is 10.6 Å². The molecule has 0 saturated heterocycles. The average Bonchev–Trinajstić information content (AvgIpc) is 3.00. The highest BCUT2D eigenvalue weighted by Gasteiger charge is 2.29. The van der Waals surface area contributed by atoms with E-state index in [1.807, 2.05) is 13.2 Å². The molecular weight excluding hydrogens is 288 g/mol. The van der Waals surface area contributed by atoms with Gasteiger partial charge in [-0.1, -0.05) is 13.8 Å². The molecule has 0 atom stereocenters. The molecule has 1 saturated carbocycles. The molecule has 23 heavy (non-hydrogen) atoms. The smallest absolute Gasteiger partial charge is 0.0535 e. The van der Waals surface area contributed by atoms with Gasteiger partial charge in [0.25, 0.3) is 0 Å². The second kappa shape index (κ2) is 8.81. The van der Waals surface area contributed by atoms with Gasteiger partial charge in [0.1, 0.15) is 0 Å². The number of aliphatic hydroxyl groups excluding tert-OH is 1. The summed E-state index contributed by atoms with van der Waals surface area (Å²) in [6.07, 6.45) is 8.11. The van der Waals surface area contributed by atoms with Crippen LogP contribution in [-0.4, -0.2) is 42.0 Å². The third-order valence-electron chi connectivity index (χ3n) is 5.14. The predicted molar refractivity (Wildman–Crippen MR) is 94.4 cm³/mol. The Morgan fingerprint density at radius 3 is 2.65 bits per heavy atom. The van der Waals surface area contributed by atoms with Crippen molar-refractivity contribution in [2.24, 2.45) is 11.3 Å². The number of nitrogens with zero attached hydrogens (tertiary/aromatic N) is 1. The highest BCUT2D eigenvalue weighted by molar-refractivity contribution is 5.21. The van der Waals surface area contributed by atoms with Crippen molar-refractivity contribution in [1.82, 2.24) is 20.8 Å². The van der Waals surface area contributed by atoms with E-state index in [2.05, 4.69) is 34.7 Å². The van der Waals surface area contributed by atoms with Gasteiger partial charge in [-0.05, 0) is 50.5 Å². The van der Waals surface area contributed by atoms with Crippen LogP contribution in [0.5, 0.6) is 0 Å². The summed E-state index contributed by atoms with van der Waals surface area (Å²) in [6.45, 7) is 7.48. The van der Waals surface area contributed by atoms with Crippen molar-refractivity contribution in [2.75, 3.05) is 26.7 Å². The van der Waals surface area contributed by atoms with Crippen LogP contribution in [0.25, 0.3) is 0 Å². The molecule has 0 radical (unpaired) electrons. The van der Waals surface area contributed by atoms with E-state index < -0.39 is 0 Å². The van der Waals surface area contributed by atoms with Gasteiger partial charge in [0.15, 0.2) is 0 Å². The molecule has 0 aromatic carbocycles. The minimum absolute atomic E-state index is 0.0634. The van der Waals surface area contributed by atoms with Gasteiger partial charge < -0.3 is 15.7 Å². The Balaban J connectivity index is 1.82. The lowest BCUT2D eigenvalue weighted by atomic mass is 9.73. The van der Waals surface area contributed by atoms with Gasteiger partial charge in [-0.15, -0.1) is 0 Å². The van der Waals surface area contributed by atoms with E-state index in [0.717, 1.165) is 32.0 Å². The number of H-pyrrole nitrogens is 1. The van der Waals surface area contributed by atoms with E-state index in [1.54, 1.807) is 0 Å². The fourth-order valence-electron chi connectivity index (χ4n) is 3.75. The first-order chi connectivity index (χ1) is 11.1. The minimum Gasteiger partial charge on any atom is -0.396 e. The molecule has 0 bridgehead atoms. The van der Waals surface area contributed by atoms with Gasteiger partial charge in [0.05, 0.1) is 6.20 Å². The number of rotatable bonds is 9. The molecule has 1 aliphatic carbocycles. The number of likely N-dealkylation sites (N-methyl/N-ethyl adjacent to an activating group) is 1. The predicted octanol–water partition coefficient (Wildman–Crippen LogP) is 2.40. The summed E-state index contributed by atoms with van der Waals surface area (Å²) < 4.78 is 0. The van der Waals surface area contributed by atoms with E-state index in [4.69, 9.17) is 0 Å². The zero-order chi connectivity index (χ0) is 16.7. The molecular formula is C18H34N4O. The lowest BCUT2D eigenvalue weighted by Gasteiger charge is -2.33. The summed E-state index contributed by atoms with van der Waals surface area (Å²) in [5, 5.41) is 23.6. The molecule has 2 rings (SSSR count). The lowest BCUT2D eigenvalue weighted by Crippen LogP contribution is -2.26. The van der Waals surface area contributed by atoms with E-state index >= 15 is 0 Å². The molecule has 1 aliphatic rings. The van der Waals surface area contributed by atoms with Crippen LogP contribution in [0.15, 0.2) is 6.20 Å². The number of hydrogen-bond acceptors (Lipinski definition) is 4. The van der Waals surface area contributed by atoms with Crippen LogP contribution in [0.2, 0.25) is 0 Å². The summed E-state index contributed by atoms with van der Waals surface area (Å²) in [7, 11) is 1.97. The van der Waals surface area contributed by atoms with E-state index in [9.17, 15) is 5.11 Å². The molecule has 5 heteroatoms. The van der Waals surface area contributed by atoms with Gasteiger partial charge in [0, 0.05) is 43.4 Å². The van der Waals surface area contributed by atoms with Crippen molar-refractivity contribution >= 4 is 0 Å². The first-order valence-corrected chi connectivity index (χ1v) is 9.04. The summed E-state index contributed by atoms with van der Waals surface area (Å²) in [4.78, 5) is 0. The van der Waals surface area contributed by atoms with Crippen molar-refractivity contribution in [3.05, 3.63) is 17.5 Å². The third-order valence-corrected chi connectivity index (χ3v) is 5.14. The first kappa shape index (κ1) is 18.4. The Bertz CT molecular complexity index is 450. The number of aromatic amines is 1. The Morgan fingerprint density at radius 1 is 1.26 bits per heavy atom. The number of nitrogens with one attached hydrogen (secondary N) is 3. The van der Waals surface area contributed by atoms with Gasteiger partial charge in [0.2, 0.25) is 0 Å². The molecule has 0 amide bonds. The van der Waals surface area contributed by atoms with E-state index in [1.165, 1.54) is 36.9 Å². The molecule has 0 aliphatic heterocycles. The van der Waals surface area contributed by atoms with Gasteiger partial charge in [-0.25, -0.2) is 0 Å². The van der Waals surface area contributed by atoms with Crippen LogP contribution in [-0.2, 0) is 6.54 Å². The first-order valence-electron chi connectivity index (χ1n) is 9.04. The molecule has 0 spiro atoms. The average molecular weight is 322 g/mol. The van der Waals surface area contributed by atoms with E-state index in [0.29, 0.717) is 5.92 Å². The maximum atomic E-state index is 9.46. The molecule has 132 valence electrons. The lowest BCUT2D eigenvalue weighted by molar-refractivity contribution is 0.116. The quantitative estimate of drug-likeness (QED) is 0.527. The molecule has 1 heterocycles. The second-order valence-electron chi connectivity index (χ2n) is 7.83. The SMILES string of the molecule is CNCCNCc1cn[nH]c1C1CCC(CC(C)(C)CO)CC1. The normalized spacial score (nSPS) is 22.4. The Kier molecular flexibility index (Phi) is 7.06. The highest BCUT2D eigenvalue weighted by atomic mass is 16.3. The molecule has 4 N–H and O–H groups in total. The van der Waals surface area contributed by atoms with Crippen LogP contribution in [0.4, 0.5) is 0 Å². The Morgan fingerprint density at radius 2 is 2.00 bits per heavy atom. The van der Waals surface area contributed by atoms with Crippen LogP contribution in [0.3, 0.4) is 0 Å². The monoisotopic (exact) mass is 322 g/mol. The molecule has 0 unspecified atom stereocenters. The van der Waals surface area contributed by atoms with Crippen molar-refractivity contribution in [2.45, 2.75) is 58.4 Å². The van der Waals surface area contributed by atoms with Crippen LogP contribution in [0, 0.1) is 11.3 Å². The van der Waals surface area contributed by atoms with Crippen molar-refractivity contribution in [3.8, 4) is 0 Å². The fraction of sp³-hybridized carbons (Fsp3) is 0.833. The standard InChI is InChI=1S/C18H34N4O/c1-18(2,13-23)10-14-4-6-15(7-5-14)17-16(12-21-22-17)11-20-9-8-19-3/h12,14-15,19-20,23H,4-11,13H2,1-3H3,(H,21,22). The van der Waals surface area contributed by atoms with Crippen LogP contribution >= 0.6 is 0 Å². The van der Waals surface area contributed by atoms with Crippen molar-refractivity contribution in [3.63, 3.8) is 0 Å². The molecule has 1 fully saturated rings. The largest absolute Gasteiger partial charge is 0.396 e. The summed E-state index contributed by atoms with van der Waals surface area (Å²) in [5.41, 5.74) is 2.72. The van der Waals surface area contributed by atoms with Gasteiger partial charge >= 0.3 is 0 Å². The topological polar surface area (TPSA) is 73.0 Å². The van der Waals surface area contributed by atoms with Crippen molar-refractivity contribution in [1.29, 1.82) is 0 Å². The Hall–Kier alpha value is -0.910. The van der Waals surface area contributed by atoms with Gasteiger partial charge in [-0.3, -0.25) is 5.10 Å². The van der Waals surface area contributed by atoms with Gasteiger partial charge in [-0.2, -0.15) is 5.10 Å². The highest BCUT2D eigenvalue weighted by Crippen LogP contribution is 2.40. The summed E-state index contributed by atoms with van der Waals surface area (Å²) in [5.74, 6) is 1.38. The molecule has 1 aromatic heterocycles. The third kappa shape index (κ3) is 5.59. The fourth-order valence-corrected chi connectivity index (χ4v) is 3.75. The second-order valence-corrected chi connectivity index (χ2v) is 7.83.